The van der Waals surface area contributed by atoms with Gasteiger partial charge in [-0.15, -0.1) is 0 Å². The Labute approximate surface area is 97.7 Å². The number of nitrogens with one attached hydrogen (secondary N) is 2. The molecule has 1 fully saturated rings. The Morgan fingerprint density at radius 3 is 2.56 bits per heavy atom. The van der Waals surface area contributed by atoms with Gasteiger partial charge in [-0.1, -0.05) is 13.0 Å². The van der Waals surface area contributed by atoms with Crippen LogP contribution in [0.2, 0.25) is 0 Å². The van der Waals surface area contributed by atoms with Crippen LogP contribution in [0.3, 0.4) is 0 Å². The fourth-order valence-corrected chi connectivity index (χ4v) is 2.23. The van der Waals surface area contributed by atoms with E-state index in [0.29, 0.717) is 5.54 Å². The standard InChI is InChI=1S/C13H21N3/c1-3-13(9-6-10-13)16-12-8-5-7-11(15-12)14-4-2/h5,7-8H,3-4,6,9-10H2,1-2H3,(H2,14,15,16). The summed E-state index contributed by atoms with van der Waals surface area (Å²) in [5.41, 5.74) is 0.317. The number of nitrogens with zero attached hydrogens (tertiary/aromatic N) is 1. The lowest BCUT2D eigenvalue weighted by atomic mass is 9.75. The molecule has 1 aliphatic carbocycles. The Hall–Kier alpha value is -1.25. The third-order valence-electron chi connectivity index (χ3n) is 3.49. The van der Waals surface area contributed by atoms with Gasteiger partial charge in [0.15, 0.2) is 0 Å². The molecule has 0 unspecified atom stereocenters. The van der Waals surface area contributed by atoms with Gasteiger partial charge < -0.3 is 10.6 Å². The quantitative estimate of drug-likeness (QED) is 0.798. The van der Waals surface area contributed by atoms with Gasteiger partial charge in [-0.3, -0.25) is 0 Å². The first kappa shape index (κ1) is 11.2. The van der Waals surface area contributed by atoms with E-state index in [1.54, 1.807) is 0 Å². The van der Waals surface area contributed by atoms with Gasteiger partial charge in [0.25, 0.3) is 0 Å². The maximum Gasteiger partial charge on any atom is 0.128 e. The molecule has 0 bridgehead atoms. The van der Waals surface area contributed by atoms with Crippen LogP contribution in [0.4, 0.5) is 11.6 Å². The highest BCUT2D eigenvalue weighted by Gasteiger charge is 2.35. The molecule has 0 saturated heterocycles. The molecular weight excluding hydrogens is 198 g/mol. The van der Waals surface area contributed by atoms with E-state index in [1.165, 1.54) is 25.7 Å². The van der Waals surface area contributed by atoms with Crippen molar-refractivity contribution in [3.8, 4) is 0 Å². The number of aromatic nitrogens is 1. The van der Waals surface area contributed by atoms with Crippen molar-refractivity contribution in [1.29, 1.82) is 0 Å². The molecule has 2 rings (SSSR count). The van der Waals surface area contributed by atoms with Gasteiger partial charge >= 0.3 is 0 Å². The Morgan fingerprint density at radius 2 is 2.00 bits per heavy atom. The molecule has 88 valence electrons. The van der Waals surface area contributed by atoms with Gasteiger partial charge in [-0.25, -0.2) is 4.98 Å². The Bertz CT molecular complexity index is 339. The monoisotopic (exact) mass is 219 g/mol. The van der Waals surface area contributed by atoms with Crippen molar-refractivity contribution < 1.29 is 0 Å². The second-order valence-electron chi connectivity index (χ2n) is 4.55. The molecule has 1 aliphatic rings. The number of hydrogen-bond acceptors (Lipinski definition) is 3. The van der Waals surface area contributed by atoms with E-state index >= 15 is 0 Å². The fraction of sp³-hybridized carbons (Fsp3) is 0.615. The fourth-order valence-electron chi connectivity index (χ4n) is 2.23. The third kappa shape index (κ3) is 2.29. The Kier molecular flexibility index (Phi) is 3.32. The Morgan fingerprint density at radius 1 is 1.25 bits per heavy atom. The summed E-state index contributed by atoms with van der Waals surface area (Å²) >= 11 is 0. The summed E-state index contributed by atoms with van der Waals surface area (Å²) in [7, 11) is 0. The molecule has 0 atom stereocenters. The minimum atomic E-state index is 0.317. The molecule has 1 aromatic heterocycles. The first-order valence-corrected chi connectivity index (χ1v) is 6.27. The zero-order valence-electron chi connectivity index (χ0n) is 10.2. The molecule has 0 radical (unpaired) electrons. The second kappa shape index (κ2) is 4.73. The van der Waals surface area contributed by atoms with Crippen molar-refractivity contribution in [1.82, 2.24) is 4.98 Å². The normalized spacial score (nSPS) is 17.6. The number of anilines is 2. The highest BCUT2D eigenvalue weighted by Crippen LogP contribution is 2.37. The van der Waals surface area contributed by atoms with Crippen molar-refractivity contribution in [2.45, 2.75) is 45.1 Å². The zero-order valence-corrected chi connectivity index (χ0v) is 10.2. The van der Waals surface area contributed by atoms with Crippen LogP contribution in [-0.2, 0) is 0 Å². The van der Waals surface area contributed by atoms with Crippen molar-refractivity contribution in [3.05, 3.63) is 18.2 Å². The third-order valence-corrected chi connectivity index (χ3v) is 3.49. The molecule has 16 heavy (non-hydrogen) atoms. The lowest BCUT2D eigenvalue weighted by Crippen LogP contribution is -2.44. The molecule has 1 heterocycles. The van der Waals surface area contributed by atoms with Gasteiger partial charge in [0.1, 0.15) is 11.6 Å². The van der Waals surface area contributed by atoms with Gasteiger partial charge in [0, 0.05) is 12.1 Å². The van der Waals surface area contributed by atoms with E-state index in [0.717, 1.165) is 18.2 Å². The number of rotatable bonds is 5. The van der Waals surface area contributed by atoms with Gasteiger partial charge in [-0.05, 0) is 44.7 Å². The maximum atomic E-state index is 4.56. The van der Waals surface area contributed by atoms with E-state index in [1.807, 2.05) is 6.07 Å². The van der Waals surface area contributed by atoms with E-state index in [9.17, 15) is 0 Å². The number of pyridine rings is 1. The molecule has 0 aromatic carbocycles. The van der Waals surface area contributed by atoms with Crippen molar-refractivity contribution in [2.24, 2.45) is 0 Å². The molecule has 0 spiro atoms. The van der Waals surface area contributed by atoms with Crippen LogP contribution in [0.1, 0.15) is 39.5 Å². The SMILES string of the molecule is CCNc1cccc(NC2(CC)CCC2)n1. The minimum absolute atomic E-state index is 0.317. The molecule has 3 nitrogen and oxygen atoms in total. The second-order valence-corrected chi connectivity index (χ2v) is 4.55. The lowest BCUT2D eigenvalue weighted by molar-refractivity contribution is 0.269. The van der Waals surface area contributed by atoms with Crippen LogP contribution in [0, 0.1) is 0 Å². The average molecular weight is 219 g/mol. The largest absolute Gasteiger partial charge is 0.370 e. The summed E-state index contributed by atoms with van der Waals surface area (Å²) in [6.07, 6.45) is 5.07. The molecule has 1 saturated carbocycles. The van der Waals surface area contributed by atoms with E-state index in [4.69, 9.17) is 0 Å². The van der Waals surface area contributed by atoms with Gasteiger partial charge in [0.2, 0.25) is 0 Å². The topological polar surface area (TPSA) is 37.0 Å². The summed E-state index contributed by atoms with van der Waals surface area (Å²) < 4.78 is 0. The summed E-state index contributed by atoms with van der Waals surface area (Å²) in [4.78, 5) is 4.56. The van der Waals surface area contributed by atoms with Gasteiger partial charge in [0.05, 0.1) is 0 Å². The summed E-state index contributed by atoms with van der Waals surface area (Å²) in [5.74, 6) is 1.96. The van der Waals surface area contributed by atoms with E-state index < -0.39 is 0 Å². The first-order valence-electron chi connectivity index (χ1n) is 6.27. The van der Waals surface area contributed by atoms with Crippen molar-refractivity contribution >= 4 is 11.6 Å². The van der Waals surface area contributed by atoms with Crippen LogP contribution in [0.25, 0.3) is 0 Å². The molecule has 1 aromatic rings. The van der Waals surface area contributed by atoms with Crippen molar-refractivity contribution in [2.75, 3.05) is 17.2 Å². The molecule has 2 N–H and O–H groups in total. The lowest BCUT2D eigenvalue weighted by Gasteiger charge is -2.42. The molecule has 0 aliphatic heterocycles. The smallest absolute Gasteiger partial charge is 0.128 e. The first-order chi connectivity index (χ1) is 7.78. The highest BCUT2D eigenvalue weighted by molar-refractivity contribution is 5.47. The summed E-state index contributed by atoms with van der Waals surface area (Å²) in [6, 6.07) is 6.11. The molecular formula is C13H21N3. The van der Waals surface area contributed by atoms with Crippen LogP contribution >= 0.6 is 0 Å². The average Bonchev–Trinajstić information content (AvgIpc) is 2.25. The number of hydrogen-bond donors (Lipinski definition) is 2. The van der Waals surface area contributed by atoms with Crippen molar-refractivity contribution in [3.63, 3.8) is 0 Å². The van der Waals surface area contributed by atoms with E-state index in [-0.39, 0.29) is 0 Å². The molecule has 3 heteroatoms. The van der Waals surface area contributed by atoms with Crippen LogP contribution < -0.4 is 10.6 Å². The molecule has 0 amide bonds. The minimum Gasteiger partial charge on any atom is -0.370 e. The van der Waals surface area contributed by atoms with E-state index in [2.05, 4.69) is 41.6 Å². The van der Waals surface area contributed by atoms with Gasteiger partial charge in [-0.2, -0.15) is 0 Å². The van der Waals surface area contributed by atoms with Crippen LogP contribution in [0.5, 0.6) is 0 Å². The van der Waals surface area contributed by atoms with Crippen LogP contribution in [-0.4, -0.2) is 17.1 Å². The highest BCUT2D eigenvalue weighted by atomic mass is 15.1. The predicted molar refractivity (Wildman–Crippen MR) is 68.9 cm³/mol. The zero-order chi connectivity index (χ0) is 11.4. The maximum absolute atomic E-state index is 4.56. The summed E-state index contributed by atoms with van der Waals surface area (Å²) in [5, 5.41) is 6.83. The Balaban J connectivity index is 2.05. The predicted octanol–water partition coefficient (Wildman–Crippen LogP) is 3.26. The summed E-state index contributed by atoms with van der Waals surface area (Å²) in [6.45, 7) is 5.25. The van der Waals surface area contributed by atoms with Crippen LogP contribution in [0.15, 0.2) is 18.2 Å².